The molecule has 0 aliphatic carbocycles. The lowest BCUT2D eigenvalue weighted by atomic mass is 9.93. The second-order valence-corrected chi connectivity index (χ2v) is 6.10. The number of rotatable bonds is 3. The molecular formula is C14H14BrFN2. The van der Waals surface area contributed by atoms with Gasteiger partial charge in [-0.05, 0) is 34.1 Å². The summed E-state index contributed by atoms with van der Waals surface area (Å²) in [4.78, 5) is 3.47. The van der Waals surface area contributed by atoms with Crippen LogP contribution < -0.4 is 0 Å². The lowest BCUT2D eigenvalue weighted by Crippen LogP contribution is -2.21. The molecule has 94 valence electrons. The van der Waals surface area contributed by atoms with E-state index >= 15 is 0 Å². The van der Waals surface area contributed by atoms with E-state index in [0.717, 1.165) is 17.4 Å². The van der Waals surface area contributed by atoms with Crippen LogP contribution in [0.15, 0.2) is 28.9 Å². The van der Waals surface area contributed by atoms with Gasteiger partial charge in [0.05, 0.1) is 9.89 Å². The van der Waals surface area contributed by atoms with Crippen molar-refractivity contribution < 1.29 is 4.39 Å². The summed E-state index contributed by atoms with van der Waals surface area (Å²) in [6.45, 7) is 12.3. The van der Waals surface area contributed by atoms with Crippen LogP contribution in [-0.2, 0) is 6.54 Å². The van der Waals surface area contributed by atoms with Crippen molar-refractivity contribution in [2.75, 3.05) is 6.54 Å². The maximum absolute atomic E-state index is 13.4. The minimum absolute atomic E-state index is 0.0887. The van der Waals surface area contributed by atoms with E-state index in [1.807, 2.05) is 12.3 Å². The largest absolute Gasteiger partial charge is 0.347 e. The maximum Gasteiger partial charge on any atom is 0.221 e. The molecule has 0 saturated heterocycles. The second kappa shape index (κ2) is 4.74. The van der Waals surface area contributed by atoms with Gasteiger partial charge in [-0.25, -0.2) is 11.0 Å². The molecule has 1 heterocycles. The van der Waals surface area contributed by atoms with Crippen LogP contribution in [0, 0.1) is 17.8 Å². The Labute approximate surface area is 114 Å². The average molecular weight is 309 g/mol. The van der Waals surface area contributed by atoms with Gasteiger partial charge in [0.25, 0.3) is 0 Å². The van der Waals surface area contributed by atoms with E-state index in [1.165, 1.54) is 6.07 Å². The summed E-state index contributed by atoms with van der Waals surface area (Å²) in [6, 6.07) is 5.22. The first-order valence-corrected chi connectivity index (χ1v) is 6.49. The highest BCUT2D eigenvalue weighted by molar-refractivity contribution is 9.10. The molecule has 0 radical (unpaired) electrons. The molecule has 18 heavy (non-hydrogen) atoms. The predicted octanol–water partition coefficient (Wildman–Crippen LogP) is 4.49. The van der Waals surface area contributed by atoms with Crippen molar-refractivity contribution in [1.82, 2.24) is 4.57 Å². The van der Waals surface area contributed by atoms with E-state index in [-0.39, 0.29) is 11.2 Å². The molecular weight excluding hydrogens is 295 g/mol. The lowest BCUT2D eigenvalue weighted by molar-refractivity contribution is 0.340. The highest BCUT2D eigenvalue weighted by Gasteiger charge is 2.22. The van der Waals surface area contributed by atoms with Gasteiger partial charge in [-0.1, -0.05) is 13.8 Å². The Bertz CT molecular complexity index is 622. The Hall–Kier alpha value is -1.34. The smallest absolute Gasteiger partial charge is 0.221 e. The summed E-state index contributed by atoms with van der Waals surface area (Å²) in [5, 5.41) is 0.884. The van der Waals surface area contributed by atoms with Gasteiger partial charge in [-0.2, -0.15) is 0 Å². The van der Waals surface area contributed by atoms with Crippen LogP contribution in [0.5, 0.6) is 0 Å². The molecule has 0 amide bonds. The zero-order valence-electron chi connectivity index (χ0n) is 10.4. The van der Waals surface area contributed by atoms with Gasteiger partial charge in [0.15, 0.2) is 0 Å². The molecule has 0 aliphatic rings. The fraction of sp³-hybridized carbons (Fsp3) is 0.357. The molecule has 0 spiro atoms. The molecule has 0 unspecified atom stereocenters. The van der Waals surface area contributed by atoms with Crippen molar-refractivity contribution >= 4 is 26.8 Å². The SMILES string of the molecule is [C-]#[N+]CC(C)(C)Cn1ccc2cc(F)c(Br)cc21. The third-order valence-corrected chi connectivity index (χ3v) is 3.53. The van der Waals surface area contributed by atoms with E-state index in [0.29, 0.717) is 11.0 Å². The third-order valence-electron chi connectivity index (χ3n) is 2.92. The van der Waals surface area contributed by atoms with Crippen molar-refractivity contribution in [1.29, 1.82) is 0 Å². The van der Waals surface area contributed by atoms with Gasteiger partial charge in [0, 0.05) is 23.6 Å². The highest BCUT2D eigenvalue weighted by atomic mass is 79.9. The number of nitrogens with zero attached hydrogens (tertiary/aromatic N) is 2. The highest BCUT2D eigenvalue weighted by Crippen LogP contribution is 2.27. The van der Waals surface area contributed by atoms with Gasteiger partial charge in [-0.3, -0.25) is 0 Å². The van der Waals surface area contributed by atoms with Crippen LogP contribution >= 0.6 is 15.9 Å². The normalized spacial score (nSPS) is 11.7. The molecule has 1 aromatic heterocycles. The molecule has 0 aliphatic heterocycles. The fourth-order valence-corrected chi connectivity index (χ4v) is 2.38. The number of halogens is 2. The van der Waals surface area contributed by atoms with Crippen molar-refractivity contribution in [3.8, 4) is 0 Å². The first-order chi connectivity index (χ1) is 8.43. The van der Waals surface area contributed by atoms with E-state index in [1.54, 1.807) is 6.07 Å². The first kappa shape index (κ1) is 13.1. The molecule has 0 atom stereocenters. The van der Waals surface area contributed by atoms with Crippen LogP contribution in [0.3, 0.4) is 0 Å². The summed E-state index contributed by atoms with van der Waals surface area (Å²) in [6.07, 6.45) is 1.95. The summed E-state index contributed by atoms with van der Waals surface area (Å²) >= 11 is 3.21. The van der Waals surface area contributed by atoms with Gasteiger partial charge in [0.2, 0.25) is 6.54 Å². The molecule has 2 nitrogen and oxygen atoms in total. The Morgan fingerprint density at radius 1 is 1.44 bits per heavy atom. The third kappa shape index (κ3) is 2.56. The topological polar surface area (TPSA) is 9.29 Å². The zero-order valence-corrected chi connectivity index (χ0v) is 12.0. The first-order valence-electron chi connectivity index (χ1n) is 5.70. The van der Waals surface area contributed by atoms with Crippen molar-refractivity contribution in [3.05, 3.63) is 46.1 Å². The summed E-state index contributed by atoms with van der Waals surface area (Å²) in [5.41, 5.74) is 0.899. The standard InChI is InChI=1S/C14H14BrFN2/c1-14(2,8-17-3)9-18-5-4-10-6-12(16)11(15)7-13(10)18/h4-7H,8-9H2,1-2H3. The molecule has 0 N–H and O–H groups in total. The number of aromatic nitrogens is 1. The van der Waals surface area contributed by atoms with Gasteiger partial charge < -0.3 is 9.41 Å². The van der Waals surface area contributed by atoms with Crippen LogP contribution in [-0.4, -0.2) is 11.1 Å². The Morgan fingerprint density at radius 2 is 2.17 bits per heavy atom. The van der Waals surface area contributed by atoms with Crippen molar-refractivity contribution in [2.45, 2.75) is 20.4 Å². The van der Waals surface area contributed by atoms with E-state index in [4.69, 9.17) is 6.57 Å². The summed E-state index contributed by atoms with van der Waals surface area (Å²) < 4.78 is 16.0. The van der Waals surface area contributed by atoms with Gasteiger partial charge in [-0.15, -0.1) is 0 Å². The fourth-order valence-electron chi connectivity index (χ4n) is 2.05. The van der Waals surface area contributed by atoms with Crippen LogP contribution in [0.4, 0.5) is 4.39 Å². The minimum Gasteiger partial charge on any atom is -0.347 e. The molecule has 2 aromatic rings. The lowest BCUT2D eigenvalue weighted by Gasteiger charge is -2.19. The number of hydrogen-bond donors (Lipinski definition) is 0. The minimum atomic E-state index is -0.249. The monoisotopic (exact) mass is 308 g/mol. The zero-order chi connectivity index (χ0) is 13.3. The van der Waals surface area contributed by atoms with E-state index in [2.05, 4.69) is 39.2 Å². The van der Waals surface area contributed by atoms with E-state index < -0.39 is 0 Å². The molecule has 0 fully saturated rings. The summed E-state index contributed by atoms with van der Waals surface area (Å²) in [5.74, 6) is -0.249. The molecule has 4 heteroatoms. The van der Waals surface area contributed by atoms with Gasteiger partial charge in [0.1, 0.15) is 5.82 Å². The number of hydrogen-bond acceptors (Lipinski definition) is 0. The molecule has 0 saturated carbocycles. The Kier molecular flexibility index (Phi) is 3.45. The van der Waals surface area contributed by atoms with Crippen LogP contribution in [0.1, 0.15) is 13.8 Å². The second-order valence-electron chi connectivity index (χ2n) is 5.25. The quantitative estimate of drug-likeness (QED) is 0.739. The van der Waals surface area contributed by atoms with Crippen molar-refractivity contribution in [3.63, 3.8) is 0 Å². The summed E-state index contributed by atoms with van der Waals surface area (Å²) in [7, 11) is 0. The molecule has 0 bridgehead atoms. The van der Waals surface area contributed by atoms with Crippen LogP contribution in [0.25, 0.3) is 15.7 Å². The van der Waals surface area contributed by atoms with E-state index in [9.17, 15) is 4.39 Å². The van der Waals surface area contributed by atoms with Crippen LogP contribution in [0.2, 0.25) is 0 Å². The molecule has 2 rings (SSSR count). The number of benzene rings is 1. The Morgan fingerprint density at radius 3 is 2.83 bits per heavy atom. The maximum atomic E-state index is 13.4. The van der Waals surface area contributed by atoms with Crippen molar-refractivity contribution in [2.24, 2.45) is 5.41 Å². The molecule has 1 aromatic carbocycles. The van der Waals surface area contributed by atoms with Gasteiger partial charge >= 0.3 is 0 Å². The average Bonchev–Trinajstić information content (AvgIpc) is 2.61. The predicted molar refractivity (Wildman–Crippen MR) is 74.8 cm³/mol. The Balaban J connectivity index is 2.41. The number of fused-ring (bicyclic) bond motifs is 1.